The molecule has 8 heteroatoms. The highest BCUT2D eigenvalue weighted by atomic mass is 35.5. The Morgan fingerprint density at radius 3 is 2.57 bits per heavy atom. The summed E-state index contributed by atoms with van der Waals surface area (Å²) >= 11 is 3.19. The number of anilines is 1. The molecule has 0 amide bonds. The summed E-state index contributed by atoms with van der Waals surface area (Å²) < 4.78 is 11.2. The molecule has 0 fully saturated rings. The van der Waals surface area contributed by atoms with E-state index in [1.807, 2.05) is 48.9 Å². The van der Waals surface area contributed by atoms with Gasteiger partial charge in [-0.25, -0.2) is 0 Å². The Hall–Kier alpha value is -3.00. The number of pyridine rings is 1. The van der Waals surface area contributed by atoms with Gasteiger partial charge in [-0.2, -0.15) is 4.57 Å². The second-order valence-electron chi connectivity index (χ2n) is 8.00. The zero-order valence-electron chi connectivity index (χ0n) is 19.8. The maximum absolute atomic E-state index is 13.5. The summed E-state index contributed by atoms with van der Waals surface area (Å²) in [5, 5.41) is 0.963. The molecule has 0 aliphatic carbocycles. The number of benzene rings is 2. The lowest BCUT2D eigenvalue weighted by atomic mass is 10.2. The molecule has 0 unspecified atom stereocenters. The highest BCUT2D eigenvalue weighted by Crippen LogP contribution is 2.46. The second-order valence-corrected chi connectivity index (χ2v) is 10.1. The summed E-state index contributed by atoms with van der Waals surface area (Å²) in [6.45, 7) is 3.42. The van der Waals surface area contributed by atoms with Crippen LogP contribution in [0.5, 0.6) is 5.75 Å². The molecule has 4 aromatic rings. The van der Waals surface area contributed by atoms with Gasteiger partial charge in [0.1, 0.15) is 20.0 Å². The van der Waals surface area contributed by atoms with Gasteiger partial charge in [0.25, 0.3) is 5.56 Å². The first kappa shape index (κ1) is 25.1. The van der Waals surface area contributed by atoms with Crippen LogP contribution in [-0.4, -0.2) is 18.7 Å². The van der Waals surface area contributed by atoms with E-state index >= 15 is 0 Å². The standard InChI is InChI=1S/C27H26N3O2S2.ClH/c1-4-30-24(16-20-12-8-9-15-29(20)18-19-10-6-5-7-11-19)34-25(26(30)31)27-28(2)22-17-21(32-3)13-14-23(22)33-27;/h5-17H,4,18H2,1-3H3;1H/q+1;/p-1/b27-25+;. The van der Waals surface area contributed by atoms with E-state index in [-0.39, 0.29) is 18.0 Å². The van der Waals surface area contributed by atoms with E-state index in [2.05, 4.69) is 58.1 Å². The lowest BCUT2D eigenvalue weighted by Crippen LogP contribution is -3.00. The number of nitrogens with zero attached hydrogens (tertiary/aromatic N) is 3. The molecular weight excluding hydrogens is 498 g/mol. The number of hydrogen-bond acceptors (Lipinski definition) is 5. The molecule has 0 bridgehead atoms. The van der Waals surface area contributed by atoms with Gasteiger partial charge >= 0.3 is 0 Å². The number of thiazole rings is 1. The van der Waals surface area contributed by atoms with Crippen molar-refractivity contribution in [1.29, 1.82) is 0 Å². The smallest absolute Gasteiger partial charge is 0.271 e. The number of hydrogen-bond donors (Lipinski definition) is 0. The van der Waals surface area contributed by atoms with Crippen molar-refractivity contribution in [3.63, 3.8) is 0 Å². The van der Waals surface area contributed by atoms with E-state index in [1.54, 1.807) is 30.2 Å². The molecule has 180 valence electrons. The maximum atomic E-state index is 13.5. The first-order valence-corrected chi connectivity index (χ1v) is 12.8. The number of fused-ring (bicyclic) bond motifs is 1. The number of rotatable bonds is 5. The fourth-order valence-corrected chi connectivity index (χ4v) is 6.54. The topological polar surface area (TPSA) is 38.4 Å². The van der Waals surface area contributed by atoms with E-state index in [0.717, 1.165) is 42.8 Å². The Morgan fingerprint density at radius 2 is 1.83 bits per heavy atom. The lowest BCUT2D eigenvalue weighted by molar-refractivity contribution is -0.690. The summed E-state index contributed by atoms with van der Waals surface area (Å²) in [7, 11) is 3.68. The van der Waals surface area contributed by atoms with Gasteiger partial charge in [-0.1, -0.05) is 42.1 Å². The molecule has 3 heterocycles. The molecule has 0 atom stereocenters. The highest BCUT2D eigenvalue weighted by molar-refractivity contribution is 8.08. The minimum absolute atomic E-state index is 0. The van der Waals surface area contributed by atoms with Crippen LogP contribution in [0.25, 0.3) is 11.1 Å². The normalized spacial score (nSPS) is 14.6. The summed E-state index contributed by atoms with van der Waals surface area (Å²) in [6.07, 6.45) is 4.21. The number of ether oxygens (including phenoxy) is 1. The van der Waals surface area contributed by atoms with Crippen LogP contribution in [0.15, 0.2) is 82.6 Å². The molecule has 0 N–H and O–H groups in total. The molecule has 0 saturated carbocycles. The van der Waals surface area contributed by atoms with Crippen LogP contribution in [0.2, 0.25) is 0 Å². The van der Waals surface area contributed by atoms with Crippen LogP contribution < -0.4 is 41.4 Å². The minimum atomic E-state index is 0. The number of halogens is 1. The van der Waals surface area contributed by atoms with Crippen molar-refractivity contribution in [2.45, 2.75) is 24.9 Å². The van der Waals surface area contributed by atoms with Gasteiger partial charge in [-0.3, -0.25) is 9.36 Å². The highest BCUT2D eigenvalue weighted by Gasteiger charge is 2.25. The SMILES string of the molecule is CCn1c(=O)/c(=C2\Sc3ccc(OC)cc3N2C)s/c1=C\c1cccc[n+]1Cc1ccccc1.[Cl-]. The second kappa shape index (κ2) is 10.7. The van der Waals surface area contributed by atoms with Gasteiger partial charge in [0.2, 0.25) is 5.69 Å². The number of thioether (sulfide) groups is 1. The van der Waals surface area contributed by atoms with Crippen molar-refractivity contribution < 1.29 is 21.7 Å². The Morgan fingerprint density at radius 1 is 1.06 bits per heavy atom. The molecule has 0 radical (unpaired) electrons. The monoisotopic (exact) mass is 523 g/mol. The van der Waals surface area contributed by atoms with E-state index < -0.39 is 0 Å². The van der Waals surface area contributed by atoms with Crippen LogP contribution in [0.3, 0.4) is 0 Å². The molecule has 35 heavy (non-hydrogen) atoms. The predicted octanol–water partition coefficient (Wildman–Crippen LogP) is 0.415. The van der Waals surface area contributed by atoms with Gasteiger partial charge < -0.3 is 22.0 Å². The van der Waals surface area contributed by atoms with Crippen molar-refractivity contribution in [2.75, 3.05) is 19.1 Å². The van der Waals surface area contributed by atoms with Gasteiger partial charge in [-0.15, -0.1) is 11.3 Å². The van der Waals surface area contributed by atoms with Crippen LogP contribution in [0.1, 0.15) is 18.2 Å². The van der Waals surface area contributed by atoms with E-state index in [4.69, 9.17) is 4.74 Å². The molecule has 1 aliphatic heterocycles. The lowest BCUT2D eigenvalue weighted by Gasteiger charge is -2.13. The van der Waals surface area contributed by atoms with Crippen molar-refractivity contribution in [3.05, 3.63) is 104 Å². The Bertz CT molecular complexity index is 1530. The Labute approximate surface area is 219 Å². The average Bonchev–Trinajstić information content (AvgIpc) is 3.36. The van der Waals surface area contributed by atoms with E-state index in [9.17, 15) is 4.79 Å². The molecule has 0 spiro atoms. The Kier molecular flexibility index (Phi) is 7.69. The molecule has 5 nitrogen and oxygen atoms in total. The third kappa shape index (κ3) is 4.89. The van der Waals surface area contributed by atoms with Gasteiger partial charge in [0.05, 0.1) is 12.8 Å². The number of aromatic nitrogens is 2. The molecule has 0 saturated heterocycles. The van der Waals surface area contributed by atoms with Crippen LogP contribution >= 0.6 is 23.1 Å². The fourth-order valence-electron chi connectivity index (χ4n) is 4.09. The quantitative estimate of drug-likeness (QED) is 0.355. The van der Waals surface area contributed by atoms with Crippen LogP contribution in [0, 0.1) is 0 Å². The number of methoxy groups -OCH3 is 1. The van der Waals surface area contributed by atoms with Crippen molar-refractivity contribution in [3.8, 4) is 5.75 Å². The summed E-state index contributed by atoms with van der Waals surface area (Å²) in [5.41, 5.74) is 3.41. The van der Waals surface area contributed by atoms with Gasteiger partial charge in [0.15, 0.2) is 12.7 Å². The third-order valence-corrected chi connectivity index (χ3v) is 8.39. The molecule has 2 aromatic carbocycles. The fraction of sp³-hybridized carbons (Fsp3) is 0.185. The molecule has 2 aromatic heterocycles. The maximum Gasteiger partial charge on any atom is 0.271 e. The molecule has 1 aliphatic rings. The van der Waals surface area contributed by atoms with E-state index in [1.165, 1.54) is 5.56 Å². The Balaban J connectivity index is 0.00000289. The average molecular weight is 524 g/mol. The first-order valence-electron chi connectivity index (χ1n) is 11.2. The summed E-state index contributed by atoms with van der Waals surface area (Å²) in [6, 6.07) is 22.6. The summed E-state index contributed by atoms with van der Waals surface area (Å²) in [4.78, 5) is 16.7. The van der Waals surface area contributed by atoms with Crippen molar-refractivity contribution >= 4 is 39.9 Å². The summed E-state index contributed by atoms with van der Waals surface area (Å²) in [5.74, 6) is 0.811. The zero-order chi connectivity index (χ0) is 23.7. The third-order valence-electron chi connectivity index (χ3n) is 5.90. The van der Waals surface area contributed by atoms with Crippen LogP contribution in [0.4, 0.5) is 5.69 Å². The first-order chi connectivity index (χ1) is 16.6. The van der Waals surface area contributed by atoms with Crippen molar-refractivity contribution in [1.82, 2.24) is 4.57 Å². The largest absolute Gasteiger partial charge is 1.00 e. The molecule has 5 rings (SSSR count). The van der Waals surface area contributed by atoms with Gasteiger partial charge in [0, 0.05) is 48.3 Å². The predicted molar refractivity (Wildman–Crippen MR) is 140 cm³/mol. The van der Waals surface area contributed by atoms with E-state index in [0.29, 0.717) is 6.54 Å². The van der Waals surface area contributed by atoms with Crippen LogP contribution in [-0.2, 0) is 13.1 Å². The minimum Gasteiger partial charge on any atom is -1.00 e. The zero-order valence-corrected chi connectivity index (χ0v) is 22.2. The molecular formula is C27H26ClN3O2S2. The van der Waals surface area contributed by atoms with Gasteiger partial charge in [-0.05, 0) is 25.1 Å². The van der Waals surface area contributed by atoms with Crippen molar-refractivity contribution in [2.24, 2.45) is 0 Å².